The van der Waals surface area contributed by atoms with Crippen molar-refractivity contribution in [2.75, 3.05) is 13.1 Å². The van der Waals surface area contributed by atoms with E-state index in [0.29, 0.717) is 11.3 Å². The van der Waals surface area contributed by atoms with Crippen molar-refractivity contribution in [1.82, 2.24) is 5.32 Å². The van der Waals surface area contributed by atoms with Crippen molar-refractivity contribution in [2.24, 2.45) is 11.3 Å². The molecule has 1 rings (SSSR count). The monoisotopic (exact) mass is 233 g/mol. The third-order valence-electron chi connectivity index (χ3n) is 3.90. The molecule has 0 aliphatic heterocycles. The lowest BCUT2D eigenvalue weighted by atomic mass is 9.74. The largest absolute Gasteiger partial charge is 0.316 e. The normalized spacial score (nSPS) is 14.9. The van der Waals surface area contributed by atoms with Crippen LogP contribution in [-0.4, -0.2) is 13.1 Å². The number of rotatable bonds is 6. The van der Waals surface area contributed by atoms with Gasteiger partial charge in [0.25, 0.3) is 0 Å². The van der Waals surface area contributed by atoms with Crippen LogP contribution in [0.4, 0.5) is 0 Å². The molecule has 0 saturated heterocycles. The molecule has 96 valence electrons. The second kappa shape index (κ2) is 6.20. The lowest BCUT2D eigenvalue weighted by Crippen LogP contribution is -2.37. The lowest BCUT2D eigenvalue weighted by Gasteiger charge is -2.34. The summed E-state index contributed by atoms with van der Waals surface area (Å²) in [6, 6.07) is 8.95. The van der Waals surface area contributed by atoms with Gasteiger partial charge in [-0.2, -0.15) is 0 Å². The molecule has 0 amide bonds. The molecule has 0 bridgehead atoms. The van der Waals surface area contributed by atoms with Gasteiger partial charge in [-0.25, -0.2) is 0 Å². The summed E-state index contributed by atoms with van der Waals surface area (Å²) in [6.45, 7) is 13.5. The van der Waals surface area contributed by atoms with Crippen molar-refractivity contribution in [1.29, 1.82) is 0 Å². The highest BCUT2D eigenvalue weighted by Crippen LogP contribution is 2.30. The zero-order valence-electron chi connectivity index (χ0n) is 12.0. The Morgan fingerprint density at radius 2 is 1.76 bits per heavy atom. The SMILES string of the molecule is CCNCC(C)(Cc1ccc(C)cc1)C(C)C. The molecule has 1 atom stereocenters. The van der Waals surface area contributed by atoms with Crippen molar-refractivity contribution >= 4 is 0 Å². The Morgan fingerprint density at radius 1 is 1.18 bits per heavy atom. The van der Waals surface area contributed by atoms with Crippen LogP contribution in [0.3, 0.4) is 0 Å². The summed E-state index contributed by atoms with van der Waals surface area (Å²) in [7, 11) is 0. The molecule has 0 radical (unpaired) electrons. The first-order valence-corrected chi connectivity index (χ1v) is 6.74. The van der Waals surface area contributed by atoms with Gasteiger partial charge in [0.1, 0.15) is 0 Å². The van der Waals surface area contributed by atoms with Crippen molar-refractivity contribution < 1.29 is 0 Å². The van der Waals surface area contributed by atoms with E-state index < -0.39 is 0 Å². The van der Waals surface area contributed by atoms with E-state index in [1.807, 2.05) is 0 Å². The highest BCUT2D eigenvalue weighted by molar-refractivity contribution is 5.22. The van der Waals surface area contributed by atoms with E-state index in [1.165, 1.54) is 11.1 Å². The van der Waals surface area contributed by atoms with Gasteiger partial charge in [-0.1, -0.05) is 57.5 Å². The van der Waals surface area contributed by atoms with Crippen LogP contribution in [0.1, 0.15) is 38.8 Å². The maximum Gasteiger partial charge on any atom is 0.00107 e. The minimum atomic E-state index is 0.339. The first-order chi connectivity index (χ1) is 7.98. The van der Waals surface area contributed by atoms with Crippen LogP contribution in [-0.2, 0) is 6.42 Å². The predicted molar refractivity (Wildman–Crippen MR) is 76.4 cm³/mol. The number of aryl methyl sites for hydroxylation is 1. The van der Waals surface area contributed by atoms with E-state index in [1.54, 1.807) is 0 Å². The lowest BCUT2D eigenvalue weighted by molar-refractivity contribution is 0.209. The summed E-state index contributed by atoms with van der Waals surface area (Å²) in [5, 5.41) is 3.50. The Morgan fingerprint density at radius 3 is 2.24 bits per heavy atom. The van der Waals surface area contributed by atoms with Crippen LogP contribution in [0.25, 0.3) is 0 Å². The molecule has 0 fully saturated rings. The van der Waals surface area contributed by atoms with Gasteiger partial charge in [-0.05, 0) is 36.8 Å². The molecule has 0 saturated carbocycles. The van der Waals surface area contributed by atoms with Crippen molar-refractivity contribution in [3.63, 3.8) is 0 Å². The second-order valence-corrected chi connectivity index (χ2v) is 5.75. The molecule has 0 aliphatic rings. The maximum absolute atomic E-state index is 3.50. The van der Waals surface area contributed by atoms with Crippen molar-refractivity contribution in [3.05, 3.63) is 35.4 Å². The van der Waals surface area contributed by atoms with Crippen molar-refractivity contribution in [2.45, 2.75) is 41.0 Å². The Kier molecular flexibility index (Phi) is 5.20. The van der Waals surface area contributed by atoms with Gasteiger partial charge in [0.05, 0.1) is 0 Å². The van der Waals surface area contributed by atoms with Gasteiger partial charge in [-0.3, -0.25) is 0 Å². The van der Waals surface area contributed by atoms with E-state index in [-0.39, 0.29) is 0 Å². The first-order valence-electron chi connectivity index (χ1n) is 6.74. The molecule has 0 aliphatic carbocycles. The summed E-state index contributed by atoms with van der Waals surface area (Å²) in [5.41, 5.74) is 3.13. The Hall–Kier alpha value is -0.820. The molecule has 0 heterocycles. The van der Waals surface area contributed by atoms with Crippen LogP contribution < -0.4 is 5.32 Å². The zero-order chi connectivity index (χ0) is 12.9. The first kappa shape index (κ1) is 14.2. The summed E-state index contributed by atoms with van der Waals surface area (Å²) >= 11 is 0. The fraction of sp³-hybridized carbons (Fsp3) is 0.625. The van der Waals surface area contributed by atoms with Crippen LogP contribution in [0.5, 0.6) is 0 Å². The van der Waals surface area contributed by atoms with E-state index >= 15 is 0 Å². The molecular formula is C16H27N. The standard InChI is InChI=1S/C16H27N/c1-6-17-12-16(5,13(2)3)11-15-9-7-14(4)8-10-15/h7-10,13,17H,6,11-12H2,1-5H3. The topological polar surface area (TPSA) is 12.0 Å². The van der Waals surface area contributed by atoms with Gasteiger partial charge in [0, 0.05) is 6.54 Å². The minimum Gasteiger partial charge on any atom is -0.316 e. The molecule has 1 N–H and O–H groups in total. The molecule has 1 nitrogen and oxygen atoms in total. The molecule has 1 heteroatoms. The molecule has 0 spiro atoms. The summed E-state index contributed by atoms with van der Waals surface area (Å²) in [5.74, 6) is 0.683. The Balaban J connectivity index is 2.75. The highest BCUT2D eigenvalue weighted by atomic mass is 14.9. The second-order valence-electron chi connectivity index (χ2n) is 5.75. The predicted octanol–water partition coefficient (Wildman–Crippen LogP) is 3.81. The van der Waals surface area contributed by atoms with E-state index in [9.17, 15) is 0 Å². The summed E-state index contributed by atoms with van der Waals surface area (Å²) in [6.07, 6.45) is 1.15. The van der Waals surface area contributed by atoms with Gasteiger partial charge in [0.2, 0.25) is 0 Å². The van der Waals surface area contributed by atoms with Gasteiger partial charge >= 0.3 is 0 Å². The fourth-order valence-corrected chi connectivity index (χ4v) is 2.05. The summed E-state index contributed by atoms with van der Waals surface area (Å²) in [4.78, 5) is 0. The smallest absolute Gasteiger partial charge is 0.00107 e. The average molecular weight is 233 g/mol. The quantitative estimate of drug-likeness (QED) is 0.788. The zero-order valence-corrected chi connectivity index (χ0v) is 12.0. The molecule has 17 heavy (non-hydrogen) atoms. The molecule has 1 unspecified atom stereocenters. The minimum absolute atomic E-state index is 0.339. The number of hydrogen-bond donors (Lipinski definition) is 1. The van der Waals surface area contributed by atoms with Gasteiger partial charge in [-0.15, -0.1) is 0 Å². The van der Waals surface area contributed by atoms with Crippen LogP contribution in [0.15, 0.2) is 24.3 Å². The van der Waals surface area contributed by atoms with E-state index in [4.69, 9.17) is 0 Å². The number of nitrogens with one attached hydrogen (secondary N) is 1. The molecule has 0 aromatic heterocycles. The van der Waals surface area contributed by atoms with Crippen LogP contribution >= 0.6 is 0 Å². The Bertz CT molecular complexity index is 326. The van der Waals surface area contributed by atoms with Gasteiger partial charge < -0.3 is 5.32 Å². The number of hydrogen-bond acceptors (Lipinski definition) is 1. The fourth-order valence-electron chi connectivity index (χ4n) is 2.05. The van der Waals surface area contributed by atoms with Crippen molar-refractivity contribution in [3.8, 4) is 0 Å². The number of benzene rings is 1. The third-order valence-corrected chi connectivity index (χ3v) is 3.90. The highest BCUT2D eigenvalue weighted by Gasteiger charge is 2.27. The van der Waals surface area contributed by atoms with Crippen LogP contribution in [0.2, 0.25) is 0 Å². The van der Waals surface area contributed by atoms with Gasteiger partial charge in [0.15, 0.2) is 0 Å². The average Bonchev–Trinajstić information content (AvgIpc) is 2.29. The van der Waals surface area contributed by atoms with E-state index in [0.717, 1.165) is 19.5 Å². The molecule has 1 aromatic carbocycles. The molecule has 1 aromatic rings. The third kappa shape index (κ3) is 4.16. The molecular weight excluding hydrogens is 206 g/mol. The van der Waals surface area contributed by atoms with E-state index in [2.05, 4.69) is 64.2 Å². The Labute approximate surface area is 107 Å². The maximum atomic E-state index is 3.50. The van der Waals surface area contributed by atoms with Crippen LogP contribution in [0, 0.1) is 18.3 Å². The summed E-state index contributed by atoms with van der Waals surface area (Å²) < 4.78 is 0.